The number of sulfonamides is 2. The molecule has 2 atom stereocenters. The fourth-order valence-electron chi connectivity index (χ4n) is 8.48. The lowest BCUT2D eigenvalue weighted by molar-refractivity contribution is -0.157. The van der Waals surface area contributed by atoms with E-state index in [1.807, 2.05) is 0 Å². The number of aliphatic carboxylic acids is 1. The van der Waals surface area contributed by atoms with Crippen LogP contribution in [-0.4, -0.2) is 87.0 Å². The summed E-state index contributed by atoms with van der Waals surface area (Å²) >= 11 is 0. The van der Waals surface area contributed by atoms with Crippen LogP contribution in [0.15, 0.2) is 82.6 Å². The molecule has 0 bridgehead atoms. The van der Waals surface area contributed by atoms with Crippen LogP contribution in [0.25, 0.3) is 0 Å². The maximum atomic E-state index is 13.6. The molecule has 4 aromatic carbocycles. The third-order valence-corrected chi connectivity index (χ3v) is 15.7. The summed E-state index contributed by atoms with van der Waals surface area (Å²) in [5.41, 5.74) is -1.16. The van der Waals surface area contributed by atoms with Crippen LogP contribution in [0.1, 0.15) is 139 Å². The highest BCUT2D eigenvalue weighted by Gasteiger charge is 2.39. The van der Waals surface area contributed by atoms with Crippen molar-refractivity contribution < 1.29 is 81.7 Å². The van der Waals surface area contributed by atoms with Gasteiger partial charge in [0.2, 0.25) is 20.0 Å². The topological polar surface area (TPSA) is 191 Å². The molecule has 14 nitrogen and oxygen atoms in total. The van der Waals surface area contributed by atoms with E-state index in [-0.39, 0.29) is 17.7 Å². The number of fused-ring (bicyclic) bond motifs is 2. The van der Waals surface area contributed by atoms with Crippen LogP contribution in [0.2, 0.25) is 0 Å². The van der Waals surface area contributed by atoms with Crippen molar-refractivity contribution in [1.29, 1.82) is 0 Å². The molecule has 72 heavy (non-hydrogen) atoms. The Labute approximate surface area is 414 Å². The smallest absolute Gasteiger partial charge is 0.416 e. The van der Waals surface area contributed by atoms with E-state index in [1.165, 1.54) is 14.1 Å². The van der Waals surface area contributed by atoms with Crippen molar-refractivity contribution in [1.82, 2.24) is 8.61 Å². The van der Waals surface area contributed by atoms with Crippen molar-refractivity contribution in [3.8, 4) is 11.5 Å². The van der Waals surface area contributed by atoms with Gasteiger partial charge in [0, 0.05) is 25.2 Å². The Morgan fingerprint density at radius 1 is 0.611 bits per heavy atom. The number of hydrogen-bond donors (Lipinski definition) is 1. The van der Waals surface area contributed by atoms with E-state index in [0.29, 0.717) is 97.4 Å². The molecule has 1 N–H and O–H groups in total. The Balaban J connectivity index is 0.000000269. The molecule has 392 valence electrons. The standard InChI is InChI=1S/C27H32F3NO6S.C23H24F3NO6S/c1-17(32)18-13-19(27(28,29)30)15-20(14-18)38(34,35)31(5)23-11-7-6-9-22-21(23)10-8-12-24(22)36-16-25(33)37-26(2,3)4;1-14(28)15-10-16(23(24,25)26)12-17(11-15)34(31,32)27(2)20-8-4-3-6-19-18(20)7-5-9-21(19)33-13-22(29)30/h8,10,12-15,23H,6-7,9,11,16H2,1-5H3;5,7,9-12,20H,3-4,6,8,13H2,1-2H3,(H,29,30). The number of Topliss-reactive ketones (excluding diaryl/α,β-unsaturated/α-hetero) is 2. The number of nitrogens with zero attached hydrogens (tertiary/aromatic N) is 2. The second-order valence-electron chi connectivity index (χ2n) is 18.4. The SMILES string of the molecule is CC(=O)c1cc(C(F)(F)F)cc(S(=O)(=O)N(C)C2CCCCc3c(OCC(=O)O)cccc32)c1.CC(=O)c1cc(C(F)(F)F)cc(S(=O)(=O)N(C)C2CCCCc3c(OCC(=O)OC(C)(C)C)cccc32)c1. The first kappa shape index (κ1) is 57.1. The zero-order valence-corrected chi connectivity index (χ0v) is 42.2. The number of alkyl halides is 6. The fourth-order valence-corrected chi connectivity index (χ4v) is 11.4. The Hall–Kier alpha value is -5.84. The molecule has 0 heterocycles. The van der Waals surface area contributed by atoms with Crippen molar-refractivity contribution in [2.24, 2.45) is 0 Å². The number of carboxylic acid groups (broad SMARTS) is 1. The summed E-state index contributed by atoms with van der Waals surface area (Å²) in [6.07, 6.45) is -5.00. The van der Waals surface area contributed by atoms with E-state index in [9.17, 15) is 62.4 Å². The first-order valence-electron chi connectivity index (χ1n) is 22.7. The molecule has 0 spiro atoms. The minimum Gasteiger partial charge on any atom is -0.482 e. The normalized spacial score (nSPS) is 16.5. The lowest BCUT2D eigenvalue weighted by Gasteiger charge is -2.29. The lowest BCUT2D eigenvalue weighted by Crippen LogP contribution is -2.32. The second kappa shape index (κ2) is 22.5. The van der Waals surface area contributed by atoms with Gasteiger partial charge in [-0.1, -0.05) is 37.1 Å². The van der Waals surface area contributed by atoms with Gasteiger partial charge < -0.3 is 19.3 Å². The molecule has 2 unspecified atom stereocenters. The van der Waals surface area contributed by atoms with E-state index in [4.69, 9.17) is 19.3 Å². The Morgan fingerprint density at radius 3 is 1.35 bits per heavy atom. The van der Waals surface area contributed by atoms with Gasteiger partial charge in [0.25, 0.3) is 0 Å². The maximum Gasteiger partial charge on any atom is 0.416 e. The van der Waals surface area contributed by atoms with Gasteiger partial charge in [0.05, 0.1) is 33.0 Å². The summed E-state index contributed by atoms with van der Waals surface area (Å²) in [6.45, 7) is 6.47. The Bertz CT molecular complexity index is 2920. The summed E-state index contributed by atoms with van der Waals surface area (Å²) in [5.74, 6) is -2.33. The molecule has 0 saturated heterocycles. The van der Waals surface area contributed by atoms with Crippen LogP contribution in [0.5, 0.6) is 11.5 Å². The highest BCUT2D eigenvalue weighted by molar-refractivity contribution is 7.89. The predicted octanol–water partition coefficient (Wildman–Crippen LogP) is 10.2. The maximum absolute atomic E-state index is 13.6. The molecule has 6 rings (SSSR count). The van der Waals surface area contributed by atoms with Gasteiger partial charge in [-0.05, 0) is 144 Å². The van der Waals surface area contributed by atoms with Crippen LogP contribution in [-0.2, 0) is 59.6 Å². The predicted molar refractivity (Wildman–Crippen MR) is 251 cm³/mol. The largest absolute Gasteiger partial charge is 0.482 e. The summed E-state index contributed by atoms with van der Waals surface area (Å²) in [5, 5.41) is 8.93. The number of ether oxygens (including phenoxy) is 3. The van der Waals surface area contributed by atoms with Gasteiger partial charge in [0.15, 0.2) is 24.8 Å². The first-order chi connectivity index (χ1) is 33.3. The highest BCUT2D eigenvalue weighted by Crippen LogP contribution is 2.42. The second-order valence-corrected chi connectivity index (χ2v) is 22.4. The summed E-state index contributed by atoms with van der Waals surface area (Å²) in [4.78, 5) is 45.5. The van der Waals surface area contributed by atoms with Crippen molar-refractivity contribution in [3.63, 3.8) is 0 Å². The van der Waals surface area contributed by atoms with Crippen molar-refractivity contribution in [3.05, 3.63) is 117 Å². The quantitative estimate of drug-likeness (QED) is 0.0545. The van der Waals surface area contributed by atoms with E-state index in [1.54, 1.807) is 57.2 Å². The third-order valence-electron chi connectivity index (χ3n) is 12.0. The van der Waals surface area contributed by atoms with Gasteiger partial charge in [-0.15, -0.1) is 0 Å². The average Bonchev–Trinajstić information content (AvgIpc) is 3.65. The van der Waals surface area contributed by atoms with Gasteiger partial charge >= 0.3 is 24.3 Å². The molecule has 4 aromatic rings. The summed E-state index contributed by atoms with van der Waals surface area (Å²) in [7, 11) is -6.26. The zero-order chi connectivity index (χ0) is 53.7. The molecule has 2 aliphatic carbocycles. The number of benzene rings is 4. The molecule has 0 aromatic heterocycles. The van der Waals surface area contributed by atoms with Crippen LogP contribution < -0.4 is 9.47 Å². The van der Waals surface area contributed by atoms with Crippen molar-refractivity contribution in [2.45, 2.75) is 126 Å². The molecular weight excluding hydrogens is 999 g/mol. The summed E-state index contributed by atoms with van der Waals surface area (Å²) in [6, 6.07) is 12.9. The van der Waals surface area contributed by atoms with Gasteiger partial charge in [0.1, 0.15) is 17.1 Å². The molecule has 22 heteroatoms. The number of carbonyl (C=O) groups excluding carboxylic acids is 3. The van der Waals surface area contributed by atoms with E-state index >= 15 is 0 Å². The van der Waals surface area contributed by atoms with Crippen LogP contribution >= 0.6 is 0 Å². The van der Waals surface area contributed by atoms with Crippen LogP contribution in [0.3, 0.4) is 0 Å². The number of ketones is 2. The third kappa shape index (κ3) is 14.0. The van der Waals surface area contributed by atoms with Crippen LogP contribution in [0.4, 0.5) is 26.3 Å². The Morgan fingerprint density at radius 2 is 1.00 bits per heavy atom. The van der Waals surface area contributed by atoms with E-state index < -0.39 is 101 Å². The average molecular weight is 1060 g/mol. The van der Waals surface area contributed by atoms with Gasteiger partial charge in [-0.2, -0.15) is 35.0 Å². The molecule has 0 saturated carbocycles. The van der Waals surface area contributed by atoms with Crippen molar-refractivity contribution in [2.75, 3.05) is 27.3 Å². The molecular formula is C50H56F6N2O12S2. The monoisotopic (exact) mass is 1050 g/mol. The Kier molecular flexibility index (Phi) is 17.8. The molecule has 0 radical (unpaired) electrons. The number of carboxylic acids is 1. The fraction of sp³-hybridized carbons (Fsp3) is 0.440. The van der Waals surface area contributed by atoms with E-state index in [2.05, 4.69) is 0 Å². The number of esters is 1. The minimum atomic E-state index is -4.83. The van der Waals surface area contributed by atoms with Crippen LogP contribution in [0, 0.1) is 0 Å². The van der Waals surface area contributed by atoms with Gasteiger partial charge in [-0.3, -0.25) is 9.59 Å². The molecule has 0 amide bonds. The molecule has 0 aliphatic heterocycles. The molecule has 0 fully saturated rings. The first-order valence-corrected chi connectivity index (χ1v) is 25.6. The zero-order valence-electron chi connectivity index (χ0n) is 40.6. The van der Waals surface area contributed by atoms with Crippen molar-refractivity contribution >= 4 is 43.6 Å². The van der Waals surface area contributed by atoms with Gasteiger partial charge in [-0.25, -0.2) is 26.4 Å². The van der Waals surface area contributed by atoms with E-state index in [0.717, 1.165) is 46.6 Å². The summed E-state index contributed by atoms with van der Waals surface area (Å²) < 4.78 is 153. The highest BCUT2D eigenvalue weighted by atomic mass is 32.2. The number of halogens is 6. The number of rotatable bonds is 14. The molecule has 2 aliphatic rings. The number of hydrogen-bond acceptors (Lipinski definition) is 11. The lowest BCUT2D eigenvalue weighted by atomic mass is 9.98. The number of carbonyl (C=O) groups is 4. The minimum absolute atomic E-state index is 0.329.